The van der Waals surface area contributed by atoms with Crippen LogP contribution in [0.1, 0.15) is 23.2 Å². The second kappa shape index (κ2) is 9.69. The van der Waals surface area contributed by atoms with Crippen LogP contribution in [0.4, 0.5) is 8.78 Å². The van der Waals surface area contributed by atoms with Crippen LogP contribution in [0.5, 0.6) is 0 Å². The van der Waals surface area contributed by atoms with Gasteiger partial charge in [0.1, 0.15) is 11.6 Å². The zero-order valence-electron chi connectivity index (χ0n) is 16.3. The van der Waals surface area contributed by atoms with E-state index in [0.717, 1.165) is 38.9 Å². The highest BCUT2D eigenvalue weighted by Gasteiger charge is 2.30. The summed E-state index contributed by atoms with van der Waals surface area (Å²) in [4.78, 5) is 6.56. The summed E-state index contributed by atoms with van der Waals surface area (Å²) >= 11 is 0. The van der Waals surface area contributed by atoms with Gasteiger partial charge in [0.05, 0.1) is 19.3 Å². The maximum absolute atomic E-state index is 14.2. The van der Waals surface area contributed by atoms with Crippen LogP contribution in [0.3, 0.4) is 0 Å². The average Bonchev–Trinajstić information content (AvgIpc) is 3.21. The van der Waals surface area contributed by atoms with Gasteiger partial charge in [-0.2, -0.15) is 0 Å². The van der Waals surface area contributed by atoms with Crippen LogP contribution in [0.2, 0.25) is 0 Å². The van der Waals surface area contributed by atoms with Crippen LogP contribution < -0.4 is 16.2 Å². The normalized spacial score (nSPS) is 23.9. The van der Waals surface area contributed by atoms with Gasteiger partial charge >= 0.3 is 0 Å². The van der Waals surface area contributed by atoms with Crippen molar-refractivity contribution < 1.29 is 13.5 Å². The molecule has 29 heavy (non-hydrogen) atoms. The van der Waals surface area contributed by atoms with Crippen molar-refractivity contribution in [1.29, 1.82) is 0 Å². The smallest absolute Gasteiger partial charge is 0.130 e. The molecule has 2 aliphatic rings. The second-order valence-electron chi connectivity index (χ2n) is 7.53. The molecule has 3 N–H and O–H groups in total. The third kappa shape index (κ3) is 4.96. The molecule has 4 rings (SSSR count). The van der Waals surface area contributed by atoms with E-state index in [2.05, 4.69) is 38.2 Å². The van der Waals surface area contributed by atoms with E-state index in [1.165, 1.54) is 17.7 Å². The first-order valence-corrected chi connectivity index (χ1v) is 10.1. The van der Waals surface area contributed by atoms with Crippen LogP contribution >= 0.6 is 0 Å². The van der Waals surface area contributed by atoms with Crippen molar-refractivity contribution in [3.05, 3.63) is 65.5 Å². The first kappa shape index (κ1) is 20.3. The molecular weight excluding hydrogens is 376 g/mol. The number of hydrogen-bond acceptors (Lipinski definition) is 6. The summed E-state index contributed by atoms with van der Waals surface area (Å²) in [5.74, 6) is -0.922. The Morgan fingerprint density at radius 1 is 1.17 bits per heavy atom. The lowest BCUT2D eigenvalue weighted by molar-refractivity contribution is 0.0160. The molecule has 8 heteroatoms. The first-order chi connectivity index (χ1) is 14.2. The summed E-state index contributed by atoms with van der Waals surface area (Å²) in [6, 6.07) is 7.90. The lowest BCUT2D eigenvalue weighted by Gasteiger charge is -2.35. The van der Waals surface area contributed by atoms with Crippen molar-refractivity contribution >= 4 is 0 Å². The summed E-state index contributed by atoms with van der Waals surface area (Å²) in [7, 11) is 0. The highest BCUT2D eigenvalue weighted by atomic mass is 19.1. The topological polar surface area (TPSA) is 61.5 Å². The number of benzene rings is 1. The van der Waals surface area contributed by atoms with Crippen molar-refractivity contribution in [3.63, 3.8) is 0 Å². The molecule has 1 aromatic heterocycles. The Kier molecular flexibility index (Phi) is 6.78. The zero-order chi connectivity index (χ0) is 20.1. The Bertz CT molecular complexity index is 788. The van der Waals surface area contributed by atoms with E-state index in [1.54, 1.807) is 0 Å². The number of morpholine rings is 1. The van der Waals surface area contributed by atoms with Gasteiger partial charge < -0.3 is 10.1 Å². The van der Waals surface area contributed by atoms with Crippen molar-refractivity contribution in [3.8, 4) is 0 Å². The van der Waals surface area contributed by atoms with Crippen molar-refractivity contribution in [2.24, 2.45) is 5.92 Å². The molecular formula is C21H27F2N5O. The first-order valence-electron chi connectivity index (χ1n) is 10.1. The Morgan fingerprint density at radius 2 is 1.97 bits per heavy atom. The highest BCUT2D eigenvalue weighted by Crippen LogP contribution is 2.27. The summed E-state index contributed by atoms with van der Waals surface area (Å²) in [6.07, 6.45) is 3.64. The summed E-state index contributed by atoms with van der Waals surface area (Å²) in [6.45, 7) is 5.47. The Hall–Kier alpha value is -1.97. The number of hydrogen-bond donors (Lipinski definition) is 3. The van der Waals surface area contributed by atoms with Crippen LogP contribution in [0, 0.1) is 17.6 Å². The molecule has 2 aromatic rings. The van der Waals surface area contributed by atoms with Crippen LogP contribution in [0.25, 0.3) is 0 Å². The maximum atomic E-state index is 14.2. The molecule has 2 fully saturated rings. The van der Waals surface area contributed by atoms with E-state index in [9.17, 15) is 8.78 Å². The van der Waals surface area contributed by atoms with E-state index < -0.39 is 11.6 Å². The number of hydrazine groups is 1. The van der Waals surface area contributed by atoms with Crippen molar-refractivity contribution in [2.45, 2.75) is 12.1 Å². The van der Waals surface area contributed by atoms with Gasteiger partial charge in [-0.3, -0.25) is 15.3 Å². The van der Waals surface area contributed by atoms with Crippen LogP contribution in [-0.4, -0.2) is 55.8 Å². The maximum Gasteiger partial charge on any atom is 0.130 e. The Balaban J connectivity index is 1.40. The second-order valence-corrected chi connectivity index (χ2v) is 7.53. The minimum absolute atomic E-state index is 0.151. The minimum atomic E-state index is -0.558. The van der Waals surface area contributed by atoms with Gasteiger partial charge in [-0.15, -0.1) is 0 Å². The fourth-order valence-electron chi connectivity index (χ4n) is 4.15. The molecule has 0 amide bonds. The molecule has 2 saturated heterocycles. The molecule has 3 heterocycles. The SMILES string of the molecule is Fc1ccc(C2NNCC2CNCC(c2ccncc2)N2CCOCC2)c(F)c1. The van der Waals surface area contributed by atoms with Gasteiger partial charge in [0.25, 0.3) is 0 Å². The number of rotatable bonds is 7. The van der Waals surface area contributed by atoms with Gasteiger partial charge in [0.15, 0.2) is 0 Å². The monoisotopic (exact) mass is 403 g/mol. The fraction of sp³-hybridized carbons (Fsp3) is 0.476. The molecule has 0 saturated carbocycles. The molecule has 156 valence electrons. The Labute approximate surface area is 169 Å². The van der Waals surface area contributed by atoms with E-state index in [0.29, 0.717) is 18.7 Å². The third-order valence-corrected chi connectivity index (χ3v) is 5.71. The van der Waals surface area contributed by atoms with Gasteiger partial charge in [0, 0.05) is 68.7 Å². The van der Waals surface area contributed by atoms with Gasteiger partial charge in [-0.1, -0.05) is 6.07 Å². The molecule has 1 aromatic carbocycles. The number of nitrogens with zero attached hydrogens (tertiary/aromatic N) is 2. The number of ether oxygens (including phenoxy) is 1. The minimum Gasteiger partial charge on any atom is -0.379 e. The predicted octanol–water partition coefficient (Wildman–Crippen LogP) is 1.79. The van der Waals surface area contributed by atoms with Gasteiger partial charge in [-0.05, 0) is 23.8 Å². The third-order valence-electron chi connectivity index (χ3n) is 5.71. The van der Waals surface area contributed by atoms with E-state index in [-0.39, 0.29) is 18.0 Å². The summed E-state index contributed by atoms with van der Waals surface area (Å²) in [5, 5.41) is 3.57. The number of halogens is 2. The average molecular weight is 403 g/mol. The lowest BCUT2D eigenvalue weighted by atomic mass is 9.94. The number of nitrogens with one attached hydrogen (secondary N) is 3. The zero-order valence-corrected chi connectivity index (χ0v) is 16.3. The summed E-state index contributed by atoms with van der Waals surface area (Å²) in [5.41, 5.74) is 7.95. The van der Waals surface area contributed by atoms with Crippen LogP contribution in [0.15, 0.2) is 42.7 Å². The molecule has 3 unspecified atom stereocenters. The van der Waals surface area contributed by atoms with Crippen molar-refractivity contribution in [1.82, 2.24) is 26.1 Å². The molecule has 0 spiro atoms. The van der Waals surface area contributed by atoms with Gasteiger partial charge in [-0.25, -0.2) is 14.2 Å². The summed E-state index contributed by atoms with van der Waals surface area (Å²) < 4.78 is 33.0. The van der Waals surface area contributed by atoms with Gasteiger partial charge in [0.2, 0.25) is 0 Å². The van der Waals surface area contributed by atoms with E-state index in [4.69, 9.17) is 4.74 Å². The molecule has 0 aliphatic carbocycles. The van der Waals surface area contributed by atoms with Crippen molar-refractivity contribution in [2.75, 3.05) is 45.9 Å². The quantitative estimate of drug-likeness (QED) is 0.655. The Morgan fingerprint density at radius 3 is 2.72 bits per heavy atom. The van der Waals surface area contributed by atoms with E-state index >= 15 is 0 Å². The number of aromatic nitrogens is 1. The van der Waals surface area contributed by atoms with E-state index in [1.807, 2.05) is 12.4 Å². The molecule has 3 atom stereocenters. The molecule has 2 aliphatic heterocycles. The lowest BCUT2D eigenvalue weighted by Crippen LogP contribution is -2.43. The molecule has 6 nitrogen and oxygen atoms in total. The van der Waals surface area contributed by atoms with Crippen LogP contribution in [-0.2, 0) is 4.74 Å². The largest absolute Gasteiger partial charge is 0.379 e. The standard InChI is InChI=1S/C21H27F2N5O/c22-17-1-2-18(19(23)11-17)21-16(13-26-27-21)12-25-14-20(15-3-5-24-6-4-15)28-7-9-29-10-8-28/h1-6,11,16,20-21,25-27H,7-10,12-14H2. The highest BCUT2D eigenvalue weighted by molar-refractivity contribution is 5.24. The number of pyridine rings is 1. The molecule has 0 radical (unpaired) electrons. The fourth-order valence-corrected chi connectivity index (χ4v) is 4.15. The predicted molar refractivity (Wildman–Crippen MR) is 106 cm³/mol. The molecule has 0 bridgehead atoms.